The Labute approximate surface area is 114 Å². The first-order chi connectivity index (χ1) is 9.08. The molecule has 1 aromatic rings. The predicted octanol–water partition coefficient (Wildman–Crippen LogP) is 2.14. The van der Waals surface area contributed by atoms with E-state index in [9.17, 15) is 4.79 Å². The fourth-order valence-electron chi connectivity index (χ4n) is 2.82. The van der Waals surface area contributed by atoms with Gasteiger partial charge in [0.2, 0.25) is 0 Å². The molecule has 2 rings (SSSR count). The van der Waals surface area contributed by atoms with Gasteiger partial charge in [-0.15, -0.1) is 0 Å². The Bertz CT molecular complexity index is 448. The number of methoxy groups -OCH3 is 1. The van der Waals surface area contributed by atoms with Gasteiger partial charge in [-0.1, -0.05) is 29.8 Å². The number of benzene rings is 1. The number of likely N-dealkylation sites (tertiary alicyclic amines) is 1. The van der Waals surface area contributed by atoms with Gasteiger partial charge in [0, 0.05) is 19.1 Å². The number of ether oxygens (including phenoxy) is 1. The first kappa shape index (κ1) is 13.9. The molecule has 104 valence electrons. The van der Waals surface area contributed by atoms with Crippen LogP contribution in [0, 0.1) is 6.92 Å². The van der Waals surface area contributed by atoms with Crippen LogP contribution in [0.25, 0.3) is 0 Å². The highest BCUT2D eigenvalue weighted by Crippen LogP contribution is 2.27. The Kier molecular flexibility index (Phi) is 4.43. The minimum absolute atomic E-state index is 0.150. The number of carbonyl (C=O) groups excluding carboxylic acids is 1. The zero-order chi connectivity index (χ0) is 13.8. The molecule has 1 aliphatic rings. The topological polar surface area (TPSA) is 41.6 Å². The largest absolute Gasteiger partial charge is 0.453 e. The fraction of sp³-hybridized carbons (Fsp3) is 0.533. The number of rotatable bonds is 2. The SMILES string of the molecule is COC(=O)NC1CC(c2cccc(C)c2)CN(C)C1. The summed E-state index contributed by atoms with van der Waals surface area (Å²) in [5.74, 6) is 0.459. The highest BCUT2D eigenvalue weighted by atomic mass is 16.5. The molecule has 1 saturated heterocycles. The van der Waals surface area contributed by atoms with E-state index < -0.39 is 0 Å². The molecule has 0 aliphatic carbocycles. The van der Waals surface area contributed by atoms with Gasteiger partial charge in [-0.25, -0.2) is 4.79 Å². The number of amides is 1. The van der Waals surface area contributed by atoms with E-state index in [2.05, 4.69) is 53.2 Å². The Morgan fingerprint density at radius 1 is 1.42 bits per heavy atom. The first-order valence-corrected chi connectivity index (χ1v) is 6.68. The molecule has 0 spiro atoms. The van der Waals surface area contributed by atoms with Gasteiger partial charge < -0.3 is 15.0 Å². The number of likely N-dealkylation sites (N-methyl/N-ethyl adjacent to an activating group) is 1. The Morgan fingerprint density at radius 2 is 2.21 bits per heavy atom. The summed E-state index contributed by atoms with van der Waals surface area (Å²) in [4.78, 5) is 13.6. The van der Waals surface area contributed by atoms with Gasteiger partial charge in [0.25, 0.3) is 0 Å². The molecule has 0 saturated carbocycles. The smallest absolute Gasteiger partial charge is 0.407 e. The van der Waals surface area contributed by atoms with E-state index in [0.29, 0.717) is 5.92 Å². The molecule has 0 aromatic heterocycles. The van der Waals surface area contributed by atoms with Crippen molar-refractivity contribution in [1.29, 1.82) is 0 Å². The van der Waals surface area contributed by atoms with Crippen molar-refractivity contribution in [1.82, 2.24) is 10.2 Å². The number of alkyl carbamates (subject to hydrolysis) is 1. The summed E-state index contributed by atoms with van der Waals surface area (Å²) in [6.45, 7) is 4.01. The second-order valence-corrected chi connectivity index (χ2v) is 5.40. The molecule has 1 aliphatic heterocycles. The van der Waals surface area contributed by atoms with Crippen LogP contribution >= 0.6 is 0 Å². The van der Waals surface area contributed by atoms with Gasteiger partial charge in [0.1, 0.15) is 0 Å². The molecule has 2 atom stereocenters. The third-order valence-corrected chi connectivity index (χ3v) is 3.65. The third-order valence-electron chi connectivity index (χ3n) is 3.65. The maximum atomic E-state index is 11.3. The lowest BCUT2D eigenvalue weighted by Crippen LogP contribution is -2.48. The van der Waals surface area contributed by atoms with Gasteiger partial charge in [0.15, 0.2) is 0 Å². The van der Waals surface area contributed by atoms with Gasteiger partial charge in [-0.05, 0) is 31.9 Å². The maximum absolute atomic E-state index is 11.3. The molecule has 2 unspecified atom stereocenters. The lowest BCUT2D eigenvalue weighted by atomic mass is 9.87. The summed E-state index contributed by atoms with van der Waals surface area (Å²) in [5.41, 5.74) is 2.63. The van der Waals surface area contributed by atoms with Crippen molar-refractivity contribution in [3.63, 3.8) is 0 Å². The summed E-state index contributed by atoms with van der Waals surface area (Å²) >= 11 is 0. The predicted molar refractivity (Wildman–Crippen MR) is 75.4 cm³/mol. The molecule has 0 bridgehead atoms. The van der Waals surface area contributed by atoms with Crippen LogP contribution < -0.4 is 5.32 Å². The normalized spacial score (nSPS) is 23.9. The number of hydrogen-bond acceptors (Lipinski definition) is 3. The minimum atomic E-state index is -0.344. The van der Waals surface area contributed by atoms with Crippen molar-refractivity contribution < 1.29 is 9.53 Å². The Morgan fingerprint density at radius 3 is 2.89 bits per heavy atom. The van der Waals surface area contributed by atoms with Crippen LogP contribution in [0.15, 0.2) is 24.3 Å². The van der Waals surface area contributed by atoms with Gasteiger partial charge in [-0.2, -0.15) is 0 Å². The van der Waals surface area contributed by atoms with Gasteiger partial charge in [0.05, 0.1) is 7.11 Å². The maximum Gasteiger partial charge on any atom is 0.407 e. The van der Waals surface area contributed by atoms with E-state index >= 15 is 0 Å². The summed E-state index contributed by atoms with van der Waals surface area (Å²) in [6, 6.07) is 8.77. The highest BCUT2D eigenvalue weighted by molar-refractivity contribution is 5.67. The van der Waals surface area contributed by atoms with E-state index in [0.717, 1.165) is 19.5 Å². The van der Waals surface area contributed by atoms with Crippen molar-refractivity contribution in [2.75, 3.05) is 27.2 Å². The summed E-state index contributed by atoms with van der Waals surface area (Å²) in [6.07, 6.45) is 0.617. The first-order valence-electron chi connectivity index (χ1n) is 6.68. The van der Waals surface area contributed by atoms with Crippen LogP contribution in [0.4, 0.5) is 4.79 Å². The molecule has 1 amide bonds. The average Bonchev–Trinajstić information content (AvgIpc) is 2.38. The number of hydrogen-bond donors (Lipinski definition) is 1. The minimum Gasteiger partial charge on any atom is -0.453 e. The molecule has 1 heterocycles. The molecule has 0 radical (unpaired) electrons. The molecule has 1 fully saturated rings. The van der Waals surface area contributed by atoms with Crippen molar-refractivity contribution in [3.05, 3.63) is 35.4 Å². The van der Waals surface area contributed by atoms with E-state index in [1.165, 1.54) is 18.2 Å². The Hall–Kier alpha value is -1.55. The second kappa shape index (κ2) is 6.06. The monoisotopic (exact) mass is 262 g/mol. The highest BCUT2D eigenvalue weighted by Gasteiger charge is 2.27. The zero-order valence-corrected chi connectivity index (χ0v) is 11.8. The summed E-state index contributed by atoms with van der Waals surface area (Å²) < 4.78 is 4.68. The lowest BCUT2D eigenvalue weighted by molar-refractivity contribution is 0.150. The molecular weight excluding hydrogens is 240 g/mol. The van der Waals surface area contributed by atoms with Crippen LogP contribution in [-0.2, 0) is 4.74 Å². The molecule has 19 heavy (non-hydrogen) atoms. The summed E-state index contributed by atoms with van der Waals surface area (Å²) in [7, 11) is 3.49. The van der Waals surface area contributed by atoms with Crippen molar-refractivity contribution >= 4 is 6.09 Å². The molecule has 1 aromatic carbocycles. The second-order valence-electron chi connectivity index (χ2n) is 5.40. The van der Waals surface area contributed by atoms with Crippen LogP contribution in [0.5, 0.6) is 0 Å². The molecular formula is C15H22N2O2. The number of nitrogens with zero attached hydrogens (tertiary/aromatic N) is 1. The van der Waals surface area contributed by atoms with Crippen LogP contribution in [-0.4, -0.2) is 44.3 Å². The molecule has 4 heteroatoms. The molecule has 1 N–H and O–H groups in total. The number of aryl methyl sites for hydroxylation is 1. The van der Waals surface area contributed by atoms with Gasteiger partial charge in [-0.3, -0.25) is 0 Å². The standard InChI is InChI=1S/C15H22N2O2/c1-11-5-4-6-12(7-11)13-8-14(10-17(2)9-13)16-15(18)19-3/h4-7,13-14H,8-10H2,1-3H3,(H,16,18). The van der Waals surface area contributed by atoms with Crippen LogP contribution in [0.3, 0.4) is 0 Å². The van der Waals surface area contributed by atoms with Crippen molar-refractivity contribution in [3.8, 4) is 0 Å². The van der Waals surface area contributed by atoms with E-state index in [1.54, 1.807) is 0 Å². The quantitative estimate of drug-likeness (QED) is 0.888. The van der Waals surface area contributed by atoms with Gasteiger partial charge >= 0.3 is 6.09 Å². The van der Waals surface area contributed by atoms with Crippen LogP contribution in [0.2, 0.25) is 0 Å². The Balaban J connectivity index is 2.07. The number of nitrogens with one attached hydrogen (secondary N) is 1. The summed E-state index contributed by atoms with van der Waals surface area (Å²) in [5, 5.41) is 2.91. The zero-order valence-electron chi connectivity index (χ0n) is 11.8. The molecule has 4 nitrogen and oxygen atoms in total. The third kappa shape index (κ3) is 3.70. The van der Waals surface area contributed by atoms with Crippen LogP contribution in [0.1, 0.15) is 23.5 Å². The fourth-order valence-corrected chi connectivity index (χ4v) is 2.82. The van der Waals surface area contributed by atoms with E-state index in [4.69, 9.17) is 0 Å². The number of carbonyl (C=O) groups is 1. The van der Waals surface area contributed by atoms with E-state index in [-0.39, 0.29) is 12.1 Å². The lowest BCUT2D eigenvalue weighted by Gasteiger charge is -2.36. The average molecular weight is 262 g/mol. The number of piperidine rings is 1. The van der Waals surface area contributed by atoms with E-state index in [1.807, 2.05) is 0 Å². The van der Waals surface area contributed by atoms with Crippen molar-refractivity contribution in [2.24, 2.45) is 0 Å². The van der Waals surface area contributed by atoms with Crippen molar-refractivity contribution in [2.45, 2.75) is 25.3 Å².